The first kappa shape index (κ1) is 12.7. The van der Waals surface area contributed by atoms with Crippen LogP contribution in [0.25, 0.3) is 0 Å². The molecule has 1 unspecified atom stereocenters. The topological polar surface area (TPSA) is 35.2 Å². The Bertz CT molecular complexity index is 441. The van der Waals surface area contributed by atoms with Gasteiger partial charge in [-0.3, -0.25) is 0 Å². The molecular formula is C16H19NO. The molecule has 2 nitrogen and oxygen atoms in total. The molecule has 18 heavy (non-hydrogen) atoms. The Balaban J connectivity index is 2.10. The van der Waals surface area contributed by atoms with Crippen molar-refractivity contribution in [3.05, 3.63) is 66.2 Å². The van der Waals surface area contributed by atoms with Gasteiger partial charge in [-0.15, -0.1) is 0 Å². The third-order valence-electron chi connectivity index (χ3n) is 2.86. The summed E-state index contributed by atoms with van der Waals surface area (Å²) < 4.78 is 6.05. The molecule has 0 spiro atoms. The van der Waals surface area contributed by atoms with Crippen LogP contribution in [-0.2, 0) is 0 Å². The SMILES string of the molecule is NCCCC(Oc1ccccc1)c1ccccc1. The quantitative estimate of drug-likeness (QED) is 0.839. The molecule has 0 radical (unpaired) electrons. The average molecular weight is 241 g/mol. The van der Waals surface area contributed by atoms with Gasteiger partial charge >= 0.3 is 0 Å². The van der Waals surface area contributed by atoms with Crippen LogP contribution in [0.5, 0.6) is 5.75 Å². The van der Waals surface area contributed by atoms with Gasteiger partial charge in [0, 0.05) is 0 Å². The fourth-order valence-corrected chi connectivity index (χ4v) is 1.93. The molecule has 0 aliphatic heterocycles. The largest absolute Gasteiger partial charge is 0.486 e. The lowest BCUT2D eigenvalue weighted by molar-refractivity contribution is 0.192. The van der Waals surface area contributed by atoms with E-state index >= 15 is 0 Å². The highest BCUT2D eigenvalue weighted by Gasteiger charge is 2.12. The molecule has 0 aliphatic rings. The standard InChI is InChI=1S/C16H19NO/c17-13-7-12-16(14-8-3-1-4-9-14)18-15-10-5-2-6-11-15/h1-6,8-11,16H,7,12-13,17H2. The summed E-state index contributed by atoms with van der Waals surface area (Å²) in [6.07, 6.45) is 1.99. The van der Waals surface area contributed by atoms with E-state index in [4.69, 9.17) is 10.5 Å². The lowest BCUT2D eigenvalue weighted by Gasteiger charge is -2.19. The smallest absolute Gasteiger partial charge is 0.124 e. The van der Waals surface area contributed by atoms with Crippen molar-refractivity contribution in [2.75, 3.05) is 6.54 Å². The normalized spacial score (nSPS) is 12.1. The predicted molar refractivity (Wildman–Crippen MR) is 74.5 cm³/mol. The summed E-state index contributed by atoms with van der Waals surface area (Å²) in [6, 6.07) is 20.2. The second-order valence-electron chi connectivity index (χ2n) is 4.26. The first-order valence-electron chi connectivity index (χ1n) is 6.37. The van der Waals surface area contributed by atoms with Gasteiger partial charge in [-0.2, -0.15) is 0 Å². The third-order valence-corrected chi connectivity index (χ3v) is 2.86. The van der Waals surface area contributed by atoms with Gasteiger partial charge < -0.3 is 10.5 Å². The first-order valence-corrected chi connectivity index (χ1v) is 6.37. The van der Waals surface area contributed by atoms with E-state index in [1.807, 2.05) is 48.5 Å². The number of hydrogen-bond donors (Lipinski definition) is 1. The molecule has 2 N–H and O–H groups in total. The Kier molecular flexibility index (Phi) is 4.79. The molecular weight excluding hydrogens is 222 g/mol. The molecule has 0 aliphatic carbocycles. The number of nitrogens with two attached hydrogens (primary N) is 1. The van der Waals surface area contributed by atoms with Crippen LogP contribution in [0.15, 0.2) is 60.7 Å². The minimum atomic E-state index is 0.0807. The van der Waals surface area contributed by atoms with Crippen LogP contribution < -0.4 is 10.5 Å². The van der Waals surface area contributed by atoms with Crippen molar-refractivity contribution in [3.8, 4) is 5.75 Å². The lowest BCUT2D eigenvalue weighted by Crippen LogP contribution is -2.10. The van der Waals surface area contributed by atoms with Crippen molar-refractivity contribution in [2.24, 2.45) is 5.73 Å². The van der Waals surface area contributed by atoms with E-state index in [0.29, 0.717) is 6.54 Å². The van der Waals surface area contributed by atoms with Crippen LogP contribution in [-0.4, -0.2) is 6.54 Å². The highest BCUT2D eigenvalue weighted by Crippen LogP contribution is 2.25. The van der Waals surface area contributed by atoms with E-state index in [0.717, 1.165) is 18.6 Å². The van der Waals surface area contributed by atoms with Gasteiger partial charge in [-0.05, 0) is 37.1 Å². The highest BCUT2D eigenvalue weighted by atomic mass is 16.5. The van der Waals surface area contributed by atoms with Gasteiger partial charge in [0.05, 0.1) is 0 Å². The van der Waals surface area contributed by atoms with E-state index in [9.17, 15) is 0 Å². The number of hydrogen-bond acceptors (Lipinski definition) is 2. The van der Waals surface area contributed by atoms with Gasteiger partial charge in [0.25, 0.3) is 0 Å². The number of rotatable bonds is 6. The molecule has 2 aromatic carbocycles. The molecule has 0 aromatic heterocycles. The van der Waals surface area contributed by atoms with Gasteiger partial charge in [-0.25, -0.2) is 0 Å². The fourth-order valence-electron chi connectivity index (χ4n) is 1.93. The number of ether oxygens (including phenoxy) is 1. The van der Waals surface area contributed by atoms with Crippen molar-refractivity contribution in [2.45, 2.75) is 18.9 Å². The maximum atomic E-state index is 6.05. The molecule has 1 atom stereocenters. The average Bonchev–Trinajstić information content (AvgIpc) is 2.45. The first-order chi connectivity index (χ1) is 8.90. The van der Waals surface area contributed by atoms with Gasteiger partial charge in [0.1, 0.15) is 11.9 Å². The zero-order chi connectivity index (χ0) is 12.6. The Morgan fingerprint density at radius 1 is 0.889 bits per heavy atom. The molecule has 0 bridgehead atoms. The minimum Gasteiger partial charge on any atom is -0.486 e. The Morgan fingerprint density at radius 3 is 2.11 bits per heavy atom. The van der Waals surface area contributed by atoms with Gasteiger partial charge in [-0.1, -0.05) is 48.5 Å². The molecule has 2 aromatic rings. The van der Waals surface area contributed by atoms with Crippen molar-refractivity contribution in [1.82, 2.24) is 0 Å². The van der Waals surface area contributed by atoms with E-state index in [1.54, 1.807) is 0 Å². The van der Waals surface area contributed by atoms with Crippen LogP contribution in [0.3, 0.4) is 0 Å². The molecule has 94 valence electrons. The highest BCUT2D eigenvalue weighted by molar-refractivity contribution is 5.24. The molecule has 0 heterocycles. The maximum Gasteiger partial charge on any atom is 0.124 e. The Morgan fingerprint density at radius 2 is 1.50 bits per heavy atom. The molecule has 0 amide bonds. The molecule has 0 fully saturated rings. The predicted octanol–water partition coefficient (Wildman–Crippen LogP) is 3.55. The Hall–Kier alpha value is -1.80. The second kappa shape index (κ2) is 6.82. The number of para-hydroxylation sites is 1. The summed E-state index contributed by atoms with van der Waals surface area (Å²) in [4.78, 5) is 0. The summed E-state index contributed by atoms with van der Waals surface area (Å²) in [6.45, 7) is 0.696. The van der Waals surface area contributed by atoms with Gasteiger partial charge in [0.2, 0.25) is 0 Å². The van der Waals surface area contributed by atoms with E-state index in [1.165, 1.54) is 5.56 Å². The van der Waals surface area contributed by atoms with Crippen molar-refractivity contribution in [1.29, 1.82) is 0 Å². The lowest BCUT2D eigenvalue weighted by atomic mass is 10.0. The van der Waals surface area contributed by atoms with Gasteiger partial charge in [0.15, 0.2) is 0 Å². The minimum absolute atomic E-state index is 0.0807. The summed E-state index contributed by atoms with van der Waals surface area (Å²) in [7, 11) is 0. The summed E-state index contributed by atoms with van der Waals surface area (Å²) in [5.74, 6) is 0.906. The second-order valence-corrected chi connectivity index (χ2v) is 4.26. The van der Waals surface area contributed by atoms with Crippen molar-refractivity contribution < 1.29 is 4.74 Å². The monoisotopic (exact) mass is 241 g/mol. The third kappa shape index (κ3) is 3.60. The summed E-state index contributed by atoms with van der Waals surface area (Å²) in [5, 5.41) is 0. The van der Waals surface area contributed by atoms with Crippen LogP contribution in [0, 0.1) is 0 Å². The molecule has 2 heteroatoms. The fraction of sp³-hybridized carbons (Fsp3) is 0.250. The summed E-state index contributed by atoms with van der Waals surface area (Å²) in [5.41, 5.74) is 6.80. The van der Waals surface area contributed by atoms with Crippen molar-refractivity contribution in [3.63, 3.8) is 0 Å². The van der Waals surface area contributed by atoms with Crippen LogP contribution >= 0.6 is 0 Å². The maximum absolute atomic E-state index is 6.05. The van der Waals surface area contributed by atoms with E-state index < -0.39 is 0 Å². The van der Waals surface area contributed by atoms with Crippen LogP contribution in [0.4, 0.5) is 0 Å². The zero-order valence-corrected chi connectivity index (χ0v) is 10.5. The summed E-state index contributed by atoms with van der Waals surface area (Å²) >= 11 is 0. The zero-order valence-electron chi connectivity index (χ0n) is 10.5. The molecule has 2 rings (SSSR count). The van der Waals surface area contributed by atoms with Crippen molar-refractivity contribution >= 4 is 0 Å². The number of benzene rings is 2. The van der Waals surface area contributed by atoms with E-state index in [-0.39, 0.29) is 6.10 Å². The molecule has 0 saturated heterocycles. The van der Waals surface area contributed by atoms with Crippen LogP contribution in [0.1, 0.15) is 24.5 Å². The van der Waals surface area contributed by atoms with Crippen LogP contribution in [0.2, 0.25) is 0 Å². The molecule has 0 saturated carbocycles. The van der Waals surface area contributed by atoms with E-state index in [2.05, 4.69) is 12.1 Å². The Labute approximate surface area is 108 Å².